The topological polar surface area (TPSA) is 56.8 Å². The van der Waals surface area contributed by atoms with Gasteiger partial charge in [-0.05, 0) is 7.05 Å². The summed E-state index contributed by atoms with van der Waals surface area (Å²) in [4.78, 5) is 16.5. The van der Waals surface area contributed by atoms with E-state index in [0.29, 0.717) is 13.0 Å². The number of amides is 1. The number of rotatable bonds is 5. The number of carbonyl (C=O) groups excluding carboxylic acids is 1. The van der Waals surface area contributed by atoms with Gasteiger partial charge in [0.2, 0.25) is 5.91 Å². The molecule has 2 rings (SSSR count). The van der Waals surface area contributed by atoms with Crippen molar-refractivity contribution in [2.24, 2.45) is 0 Å². The summed E-state index contributed by atoms with van der Waals surface area (Å²) in [5.74, 6) is 0.122. The van der Waals surface area contributed by atoms with Gasteiger partial charge in [0.05, 0.1) is 13.2 Å². The van der Waals surface area contributed by atoms with E-state index in [-0.39, 0.29) is 11.9 Å². The molecule has 2 heterocycles. The van der Waals surface area contributed by atoms with Gasteiger partial charge in [0.15, 0.2) is 0 Å². The number of piperazine rings is 1. The zero-order chi connectivity index (χ0) is 13.5. The summed E-state index contributed by atoms with van der Waals surface area (Å²) in [5.41, 5.74) is 0. The van der Waals surface area contributed by atoms with Gasteiger partial charge in [-0.25, -0.2) is 0 Å². The van der Waals surface area contributed by atoms with Crippen LogP contribution in [0.15, 0.2) is 0 Å². The van der Waals surface area contributed by atoms with E-state index < -0.39 is 0 Å². The minimum Gasteiger partial charge on any atom is -0.378 e. The number of nitrogens with one attached hydrogen (secondary N) is 2. The van der Waals surface area contributed by atoms with Crippen molar-refractivity contribution in [3.63, 3.8) is 0 Å². The zero-order valence-electron chi connectivity index (χ0n) is 11.9. The summed E-state index contributed by atoms with van der Waals surface area (Å²) in [5, 5.41) is 6.29. The Bertz CT molecular complexity index is 274. The average Bonchev–Trinajstić information content (AvgIpc) is 2.42. The molecular formula is C13H26N4O2. The van der Waals surface area contributed by atoms with Crippen LogP contribution < -0.4 is 10.6 Å². The van der Waals surface area contributed by atoms with E-state index in [4.69, 9.17) is 4.74 Å². The van der Waals surface area contributed by atoms with Crippen LogP contribution in [0.2, 0.25) is 0 Å². The van der Waals surface area contributed by atoms with Gasteiger partial charge in [0.1, 0.15) is 0 Å². The number of ether oxygens (including phenoxy) is 1. The van der Waals surface area contributed by atoms with Crippen LogP contribution in [0.5, 0.6) is 0 Å². The molecule has 2 N–H and O–H groups in total. The van der Waals surface area contributed by atoms with Gasteiger partial charge >= 0.3 is 0 Å². The van der Waals surface area contributed by atoms with E-state index in [1.807, 2.05) is 0 Å². The summed E-state index contributed by atoms with van der Waals surface area (Å²) in [6.45, 7) is 8.39. The molecule has 110 valence electrons. The average molecular weight is 270 g/mol. The number of carbonyl (C=O) groups is 1. The number of likely N-dealkylation sites (N-methyl/N-ethyl adjacent to an activating group) is 1. The largest absolute Gasteiger partial charge is 0.378 e. The molecule has 6 nitrogen and oxygen atoms in total. The first-order valence-corrected chi connectivity index (χ1v) is 7.23. The highest BCUT2D eigenvalue weighted by Crippen LogP contribution is 1.99. The number of hydrogen-bond acceptors (Lipinski definition) is 5. The molecule has 0 aromatic rings. The second kappa shape index (κ2) is 7.79. The monoisotopic (exact) mass is 270 g/mol. The minimum absolute atomic E-state index is 0.122. The van der Waals surface area contributed by atoms with E-state index in [1.165, 1.54) is 0 Å². The third kappa shape index (κ3) is 5.44. The molecule has 19 heavy (non-hydrogen) atoms. The second-order valence-electron chi connectivity index (χ2n) is 5.42. The van der Waals surface area contributed by atoms with Gasteiger partial charge in [-0.3, -0.25) is 9.69 Å². The molecule has 2 saturated heterocycles. The van der Waals surface area contributed by atoms with Crippen LogP contribution in [0, 0.1) is 0 Å². The summed E-state index contributed by atoms with van der Waals surface area (Å²) in [7, 11) is 2.15. The smallest absolute Gasteiger partial charge is 0.221 e. The Labute approximate surface area is 115 Å². The van der Waals surface area contributed by atoms with Gasteiger partial charge in [-0.15, -0.1) is 0 Å². The molecule has 2 aliphatic heterocycles. The Balaban J connectivity index is 1.53. The van der Waals surface area contributed by atoms with Crippen LogP contribution in [-0.2, 0) is 9.53 Å². The Morgan fingerprint density at radius 2 is 2.16 bits per heavy atom. The molecule has 1 unspecified atom stereocenters. The van der Waals surface area contributed by atoms with Crippen LogP contribution in [0.1, 0.15) is 6.42 Å². The van der Waals surface area contributed by atoms with Crippen molar-refractivity contribution in [3.05, 3.63) is 0 Å². The van der Waals surface area contributed by atoms with Crippen molar-refractivity contribution >= 4 is 5.91 Å². The van der Waals surface area contributed by atoms with Gasteiger partial charge in [-0.1, -0.05) is 0 Å². The molecule has 0 aromatic heterocycles. The highest BCUT2D eigenvalue weighted by molar-refractivity contribution is 5.76. The lowest BCUT2D eigenvalue weighted by molar-refractivity contribution is -0.122. The fraction of sp³-hybridized carbons (Fsp3) is 0.923. The molecule has 1 atom stereocenters. The number of nitrogens with zero attached hydrogens (tertiary/aromatic N) is 2. The van der Waals surface area contributed by atoms with Crippen LogP contribution in [0.25, 0.3) is 0 Å². The third-order valence-electron chi connectivity index (χ3n) is 3.78. The van der Waals surface area contributed by atoms with Crippen molar-refractivity contribution in [3.8, 4) is 0 Å². The summed E-state index contributed by atoms with van der Waals surface area (Å²) in [6, 6.07) is 0.178. The first kappa shape index (κ1) is 14.7. The van der Waals surface area contributed by atoms with E-state index >= 15 is 0 Å². The van der Waals surface area contributed by atoms with Crippen LogP contribution >= 0.6 is 0 Å². The van der Waals surface area contributed by atoms with Crippen LogP contribution in [-0.4, -0.2) is 87.8 Å². The third-order valence-corrected chi connectivity index (χ3v) is 3.78. The van der Waals surface area contributed by atoms with E-state index in [2.05, 4.69) is 27.5 Å². The van der Waals surface area contributed by atoms with Gasteiger partial charge in [0, 0.05) is 58.3 Å². The zero-order valence-corrected chi connectivity index (χ0v) is 11.9. The Morgan fingerprint density at radius 3 is 2.84 bits per heavy atom. The Hall–Kier alpha value is -0.690. The lowest BCUT2D eigenvalue weighted by atomic mass is 10.2. The van der Waals surface area contributed by atoms with Crippen molar-refractivity contribution < 1.29 is 9.53 Å². The Kier molecular flexibility index (Phi) is 6.03. The lowest BCUT2D eigenvalue weighted by Gasteiger charge is -2.32. The predicted octanol–water partition coefficient (Wildman–Crippen LogP) is -1.27. The van der Waals surface area contributed by atoms with Gasteiger partial charge < -0.3 is 20.3 Å². The molecule has 0 spiro atoms. The van der Waals surface area contributed by atoms with Gasteiger partial charge in [-0.2, -0.15) is 0 Å². The highest BCUT2D eigenvalue weighted by Gasteiger charge is 2.17. The number of hydrogen-bond donors (Lipinski definition) is 2. The summed E-state index contributed by atoms with van der Waals surface area (Å²) >= 11 is 0. The van der Waals surface area contributed by atoms with E-state index in [0.717, 1.165) is 52.4 Å². The maximum Gasteiger partial charge on any atom is 0.221 e. The fourth-order valence-electron chi connectivity index (χ4n) is 2.47. The maximum absolute atomic E-state index is 11.8. The van der Waals surface area contributed by atoms with Crippen molar-refractivity contribution in [2.45, 2.75) is 12.5 Å². The SMILES string of the molecule is CN1CCN(CCNC(=O)CC2COCCN2)CC1. The molecule has 0 radical (unpaired) electrons. The standard InChI is InChI=1S/C13H26N4O2/c1-16-5-7-17(8-6-16)4-2-15-13(18)10-12-11-19-9-3-14-12/h12,14H,2-11H2,1H3,(H,15,18). The molecule has 2 fully saturated rings. The molecule has 0 aromatic carbocycles. The predicted molar refractivity (Wildman–Crippen MR) is 74.2 cm³/mol. The summed E-state index contributed by atoms with van der Waals surface area (Å²) in [6.07, 6.45) is 0.517. The maximum atomic E-state index is 11.8. The molecule has 1 amide bonds. The molecule has 0 bridgehead atoms. The first-order valence-electron chi connectivity index (χ1n) is 7.23. The van der Waals surface area contributed by atoms with Crippen LogP contribution in [0.4, 0.5) is 0 Å². The number of morpholine rings is 1. The van der Waals surface area contributed by atoms with Crippen molar-refractivity contribution in [2.75, 3.05) is 66.1 Å². The van der Waals surface area contributed by atoms with Crippen molar-refractivity contribution in [1.29, 1.82) is 0 Å². The normalized spacial score (nSPS) is 26.3. The molecular weight excluding hydrogens is 244 g/mol. The Morgan fingerprint density at radius 1 is 1.37 bits per heavy atom. The minimum atomic E-state index is 0.122. The van der Waals surface area contributed by atoms with E-state index in [1.54, 1.807) is 0 Å². The molecule has 0 aliphatic carbocycles. The second-order valence-corrected chi connectivity index (χ2v) is 5.42. The van der Waals surface area contributed by atoms with E-state index in [9.17, 15) is 4.79 Å². The molecule has 0 saturated carbocycles. The van der Waals surface area contributed by atoms with Crippen molar-refractivity contribution in [1.82, 2.24) is 20.4 Å². The quantitative estimate of drug-likeness (QED) is 0.652. The highest BCUT2D eigenvalue weighted by atomic mass is 16.5. The fourth-order valence-corrected chi connectivity index (χ4v) is 2.47. The first-order chi connectivity index (χ1) is 9.24. The lowest BCUT2D eigenvalue weighted by Crippen LogP contribution is -2.48. The molecule has 2 aliphatic rings. The van der Waals surface area contributed by atoms with Crippen LogP contribution in [0.3, 0.4) is 0 Å². The summed E-state index contributed by atoms with van der Waals surface area (Å²) < 4.78 is 5.34. The van der Waals surface area contributed by atoms with Gasteiger partial charge in [0.25, 0.3) is 0 Å². The molecule has 6 heteroatoms.